The van der Waals surface area contributed by atoms with Gasteiger partial charge in [0.25, 0.3) is 0 Å². The zero-order valence-electron chi connectivity index (χ0n) is 45.6. The Labute approximate surface area is 460 Å². The van der Waals surface area contributed by atoms with Crippen molar-refractivity contribution in [2.24, 2.45) is 0 Å². The lowest BCUT2D eigenvalue weighted by atomic mass is 9.96. The molecule has 75 heavy (non-hydrogen) atoms. The summed E-state index contributed by atoms with van der Waals surface area (Å²) in [6.45, 7) is 26.0. The minimum absolute atomic E-state index is 0.486. The van der Waals surface area contributed by atoms with E-state index >= 15 is 0 Å². The van der Waals surface area contributed by atoms with Gasteiger partial charge in [-0.15, -0.1) is 0 Å². The largest absolute Gasteiger partial charge is 0.0837 e. The standard InChI is InChI=1S/C36H36Si.C22H22Cl2Si.C13H12/c1-23-13-17-27(18-14-23)29-9-7-11-31-33(29)21-25(3)35(31)37(5,6)36-26(4)22-34-30(10-8-12-32(34)36)28-19-15-24(2)16-20-28;1-13-11-17-15(7-5-9-19(17)23)21(13)25(3,4)22-14(2)12-18-16(22)8-6-10-20(18)24;1-11-7-5-6-10-13(11)12-8-3-2-4-9-12/h7-22,35-36H,1-6H3;5-12,21-22H,1-4H3;2-10H,1H3. The van der Waals surface area contributed by atoms with E-state index in [1.54, 1.807) is 0 Å². The molecule has 12 rings (SSSR count). The van der Waals surface area contributed by atoms with E-state index in [1.165, 1.54) is 117 Å². The number of benzene rings is 8. The molecule has 4 aliphatic rings. The van der Waals surface area contributed by atoms with Gasteiger partial charge in [0.15, 0.2) is 0 Å². The second-order valence-corrected chi connectivity index (χ2v) is 33.4. The lowest BCUT2D eigenvalue weighted by Gasteiger charge is -2.39. The highest BCUT2D eigenvalue weighted by Gasteiger charge is 2.48. The van der Waals surface area contributed by atoms with Crippen LogP contribution in [-0.2, 0) is 0 Å². The average Bonchev–Trinajstić information content (AvgIpc) is 4.17. The first-order valence-electron chi connectivity index (χ1n) is 26.8. The van der Waals surface area contributed by atoms with Crippen LogP contribution in [-0.4, -0.2) is 16.1 Å². The summed E-state index contributed by atoms with van der Waals surface area (Å²) in [6.07, 6.45) is 9.57. The van der Waals surface area contributed by atoms with Crippen molar-refractivity contribution in [1.82, 2.24) is 0 Å². The zero-order chi connectivity index (χ0) is 52.9. The van der Waals surface area contributed by atoms with E-state index in [1.807, 2.05) is 18.2 Å². The molecule has 4 aliphatic carbocycles. The van der Waals surface area contributed by atoms with Crippen LogP contribution in [0.15, 0.2) is 198 Å². The first-order chi connectivity index (χ1) is 35.9. The van der Waals surface area contributed by atoms with E-state index in [9.17, 15) is 0 Å². The average molecular weight is 1050 g/mol. The van der Waals surface area contributed by atoms with Gasteiger partial charge in [-0.1, -0.05) is 271 Å². The molecule has 0 aromatic heterocycles. The summed E-state index contributed by atoms with van der Waals surface area (Å²) in [5.41, 5.74) is 31.0. The topological polar surface area (TPSA) is 0 Å². The second-order valence-electron chi connectivity index (χ2n) is 22.9. The van der Waals surface area contributed by atoms with Gasteiger partial charge in [0.2, 0.25) is 0 Å². The quantitative estimate of drug-likeness (QED) is 0.140. The molecule has 376 valence electrons. The minimum atomic E-state index is -1.87. The number of aryl methyl sites for hydroxylation is 3. The Hall–Kier alpha value is -6.27. The molecule has 8 aromatic carbocycles. The van der Waals surface area contributed by atoms with Crippen molar-refractivity contribution in [3.05, 3.63) is 269 Å². The van der Waals surface area contributed by atoms with Crippen LogP contribution in [0.1, 0.15) is 111 Å². The Morgan fingerprint density at radius 3 is 0.987 bits per heavy atom. The molecule has 4 heteroatoms. The van der Waals surface area contributed by atoms with Gasteiger partial charge >= 0.3 is 0 Å². The van der Waals surface area contributed by atoms with Crippen LogP contribution in [0.4, 0.5) is 0 Å². The van der Waals surface area contributed by atoms with Crippen molar-refractivity contribution in [3.8, 4) is 33.4 Å². The van der Waals surface area contributed by atoms with Crippen LogP contribution in [0.25, 0.3) is 57.7 Å². The second kappa shape index (κ2) is 21.0. The molecule has 0 heterocycles. The van der Waals surface area contributed by atoms with E-state index in [4.69, 9.17) is 23.2 Å². The zero-order valence-corrected chi connectivity index (χ0v) is 49.1. The molecular formula is C71H70Cl2Si2. The molecule has 0 N–H and O–H groups in total. The number of fused-ring (bicyclic) bond motifs is 4. The van der Waals surface area contributed by atoms with Gasteiger partial charge in [0, 0.05) is 32.2 Å². The van der Waals surface area contributed by atoms with Gasteiger partial charge in [0.1, 0.15) is 0 Å². The molecule has 0 fully saturated rings. The van der Waals surface area contributed by atoms with E-state index in [0.29, 0.717) is 22.2 Å². The van der Waals surface area contributed by atoms with E-state index in [2.05, 4.69) is 257 Å². The van der Waals surface area contributed by atoms with E-state index < -0.39 is 16.1 Å². The van der Waals surface area contributed by atoms with Crippen LogP contribution < -0.4 is 0 Å². The fourth-order valence-electron chi connectivity index (χ4n) is 13.9. The third-order valence-electron chi connectivity index (χ3n) is 16.9. The highest BCUT2D eigenvalue weighted by Crippen LogP contribution is 2.56. The predicted octanol–water partition coefficient (Wildman–Crippen LogP) is 21.3. The van der Waals surface area contributed by atoms with Crippen molar-refractivity contribution in [1.29, 1.82) is 0 Å². The molecule has 0 spiro atoms. The molecular weight excluding hydrogens is 980 g/mol. The van der Waals surface area contributed by atoms with E-state index in [0.717, 1.165) is 10.0 Å². The highest BCUT2D eigenvalue weighted by atomic mass is 35.5. The Kier molecular flexibility index (Phi) is 14.6. The lowest BCUT2D eigenvalue weighted by molar-refractivity contribution is 0.968. The normalized spacial score (nSPS) is 18.0. The number of hydrogen-bond acceptors (Lipinski definition) is 0. The summed E-state index contributed by atoms with van der Waals surface area (Å²) in [7, 11) is -3.63. The highest BCUT2D eigenvalue weighted by molar-refractivity contribution is 6.82. The molecule has 4 atom stereocenters. The van der Waals surface area contributed by atoms with Gasteiger partial charge in [-0.05, 0) is 144 Å². The summed E-state index contributed by atoms with van der Waals surface area (Å²) in [5.74, 6) is 0. The number of halogens is 2. The molecule has 0 saturated heterocycles. The summed E-state index contributed by atoms with van der Waals surface area (Å²) >= 11 is 13.0. The molecule has 0 bridgehead atoms. The lowest BCUT2D eigenvalue weighted by Crippen LogP contribution is -2.42. The van der Waals surface area contributed by atoms with Crippen LogP contribution in [0.3, 0.4) is 0 Å². The molecule has 8 aromatic rings. The minimum Gasteiger partial charge on any atom is -0.0837 e. The van der Waals surface area contributed by atoms with Crippen molar-refractivity contribution in [3.63, 3.8) is 0 Å². The maximum absolute atomic E-state index is 6.48. The summed E-state index contributed by atoms with van der Waals surface area (Å²) in [5, 5.41) is 1.73. The SMILES string of the molecule is CC1=Cc2c(-c3ccc(C)cc3)cccc2C1[Si](C)(C)C1C(C)=Cc2c(-c3ccc(C)cc3)cccc21.CC1=Cc2c(Cl)cccc2C1[Si](C)(C)C1C(C)=Cc2c(Cl)cccc21.Cc1ccccc1-c1ccccc1. The van der Waals surface area contributed by atoms with Gasteiger partial charge in [-0.25, -0.2) is 0 Å². The monoisotopic (exact) mass is 1050 g/mol. The van der Waals surface area contributed by atoms with E-state index in [-0.39, 0.29) is 0 Å². The Morgan fingerprint density at radius 2 is 0.600 bits per heavy atom. The molecule has 0 aliphatic heterocycles. The van der Waals surface area contributed by atoms with Crippen molar-refractivity contribution >= 4 is 63.7 Å². The smallest absolute Gasteiger partial charge is 0.0722 e. The van der Waals surface area contributed by atoms with Crippen LogP contribution in [0, 0.1) is 20.8 Å². The van der Waals surface area contributed by atoms with Crippen molar-refractivity contribution in [2.45, 2.75) is 96.8 Å². The van der Waals surface area contributed by atoms with Crippen LogP contribution in [0.5, 0.6) is 0 Å². The van der Waals surface area contributed by atoms with Gasteiger partial charge in [0.05, 0.1) is 16.1 Å². The van der Waals surface area contributed by atoms with Gasteiger partial charge in [-0.2, -0.15) is 0 Å². The molecule has 0 amide bonds. The van der Waals surface area contributed by atoms with Crippen molar-refractivity contribution in [2.75, 3.05) is 0 Å². The fraction of sp³-hybridized carbons (Fsp3) is 0.211. The van der Waals surface area contributed by atoms with Gasteiger partial charge in [-0.3, -0.25) is 0 Å². The van der Waals surface area contributed by atoms with Crippen LogP contribution >= 0.6 is 23.2 Å². The first kappa shape index (κ1) is 52.2. The maximum Gasteiger partial charge on any atom is 0.0722 e. The molecule has 0 nitrogen and oxygen atoms in total. The Morgan fingerprint density at radius 1 is 0.293 bits per heavy atom. The molecule has 0 saturated carbocycles. The molecule has 4 unspecified atom stereocenters. The number of rotatable bonds is 7. The van der Waals surface area contributed by atoms with Crippen LogP contribution in [0.2, 0.25) is 36.2 Å². The number of allylic oxidation sites excluding steroid dienone is 4. The fourth-order valence-corrected chi connectivity index (χ4v) is 24.3. The third-order valence-corrected chi connectivity index (χ3v) is 26.6. The van der Waals surface area contributed by atoms with Gasteiger partial charge < -0.3 is 0 Å². The Bertz CT molecular complexity index is 3390. The predicted molar refractivity (Wildman–Crippen MR) is 333 cm³/mol. The maximum atomic E-state index is 6.48. The first-order valence-corrected chi connectivity index (χ1v) is 33.8. The summed E-state index contributed by atoms with van der Waals surface area (Å²) < 4.78 is 0. The summed E-state index contributed by atoms with van der Waals surface area (Å²) in [6, 6.07) is 63.6. The Balaban J connectivity index is 0.000000144. The molecule has 0 radical (unpaired) electrons. The van der Waals surface area contributed by atoms with Crippen molar-refractivity contribution < 1.29 is 0 Å². The third kappa shape index (κ3) is 9.81. The number of hydrogen-bond donors (Lipinski definition) is 0. The summed E-state index contributed by atoms with van der Waals surface area (Å²) in [4.78, 5) is 0.